The molecule has 0 bridgehead atoms. The standard InChI is InChI=1S/C18H27FN2O5S/c1-12-6-8-21(9-7-12)17-15(26-16(11-22)18(17)23)10-20-27(24,25)14-4-2-13(19)3-5-14/h2-5,12,15-18,20,22-23H,6-11H2,1H3/t15-,16+,17+,18-/m1/s1. The summed E-state index contributed by atoms with van der Waals surface area (Å²) in [6.07, 6.45) is -0.207. The van der Waals surface area contributed by atoms with Crippen LogP contribution < -0.4 is 4.72 Å². The predicted octanol–water partition coefficient (Wildman–Crippen LogP) is 0.325. The van der Waals surface area contributed by atoms with Gasteiger partial charge < -0.3 is 14.9 Å². The fourth-order valence-corrected chi connectivity index (χ4v) is 4.86. The molecule has 0 saturated carbocycles. The molecule has 1 aromatic carbocycles. The lowest BCUT2D eigenvalue weighted by atomic mass is 9.94. The summed E-state index contributed by atoms with van der Waals surface area (Å²) < 4.78 is 46.1. The Labute approximate surface area is 159 Å². The molecule has 0 radical (unpaired) electrons. The highest BCUT2D eigenvalue weighted by atomic mass is 32.2. The van der Waals surface area contributed by atoms with Crippen molar-refractivity contribution >= 4 is 10.0 Å². The first kappa shape index (κ1) is 20.6. The highest BCUT2D eigenvalue weighted by molar-refractivity contribution is 7.89. The van der Waals surface area contributed by atoms with Crippen LogP contribution in [-0.4, -0.2) is 74.1 Å². The molecular weight excluding hydrogens is 375 g/mol. The van der Waals surface area contributed by atoms with Gasteiger partial charge in [-0.05, 0) is 56.1 Å². The van der Waals surface area contributed by atoms with E-state index in [0.717, 1.165) is 38.1 Å². The first-order valence-electron chi connectivity index (χ1n) is 9.25. The molecule has 4 atom stereocenters. The second-order valence-electron chi connectivity index (χ2n) is 7.40. The summed E-state index contributed by atoms with van der Waals surface area (Å²) in [4.78, 5) is 2.08. The van der Waals surface area contributed by atoms with Crippen molar-refractivity contribution in [3.05, 3.63) is 30.1 Å². The zero-order valence-electron chi connectivity index (χ0n) is 15.3. The Bertz CT molecular complexity index is 722. The van der Waals surface area contributed by atoms with Crippen LogP contribution in [0.5, 0.6) is 0 Å². The van der Waals surface area contributed by atoms with Gasteiger partial charge in [-0.15, -0.1) is 0 Å². The topological polar surface area (TPSA) is 99.1 Å². The number of nitrogens with zero attached hydrogens (tertiary/aromatic N) is 1. The maximum Gasteiger partial charge on any atom is 0.240 e. The Morgan fingerprint density at radius 1 is 1.22 bits per heavy atom. The molecule has 2 heterocycles. The molecular formula is C18H27FN2O5S. The van der Waals surface area contributed by atoms with E-state index in [2.05, 4.69) is 16.5 Å². The molecule has 2 fully saturated rings. The summed E-state index contributed by atoms with van der Waals surface area (Å²) in [5.74, 6) is 0.103. The van der Waals surface area contributed by atoms with E-state index in [0.29, 0.717) is 5.92 Å². The number of likely N-dealkylation sites (tertiary alicyclic amines) is 1. The number of nitrogens with one attached hydrogen (secondary N) is 1. The minimum atomic E-state index is -3.83. The number of sulfonamides is 1. The van der Waals surface area contributed by atoms with Gasteiger partial charge >= 0.3 is 0 Å². The first-order valence-corrected chi connectivity index (χ1v) is 10.7. The highest BCUT2D eigenvalue weighted by Crippen LogP contribution is 2.29. The van der Waals surface area contributed by atoms with Gasteiger partial charge in [0, 0.05) is 6.54 Å². The number of aliphatic hydroxyl groups is 2. The van der Waals surface area contributed by atoms with E-state index in [1.807, 2.05) is 0 Å². The van der Waals surface area contributed by atoms with E-state index in [4.69, 9.17) is 4.74 Å². The largest absolute Gasteiger partial charge is 0.394 e. The molecule has 2 aliphatic heterocycles. The SMILES string of the molecule is CC1CCN([C@@H]2[C@H](O)[C@H](CO)O[C@@H]2CNS(=O)(=O)c2ccc(F)cc2)CC1. The van der Waals surface area contributed by atoms with Crippen molar-refractivity contribution < 1.29 is 27.8 Å². The maximum atomic E-state index is 13.0. The maximum absolute atomic E-state index is 13.0. The summed E-state index contributed by atoms with van der Waals surface area (Å²) in [6.45, 7) is 3.41. The van der Waals surface area contributed by atoms with E-state index >= 15 is 0 Å². The first-order chi connectivity index (χ1) is 12.8. The van der Waals surface area contributed by atoms with Crippen molar-refractivity contribution in [3.63, 3.8) is 0 Å². The molecule has 0 amide bonds. The van der Waals surface area contributed by atoms with Crippen molar-refractivity contribution in [1.29, 1.82) is 0 Å². The van der Waals surface area contributed by atoms with Gasteiger partial charge in [-0.2, -0.15) is 0 Å². The smallest absolute Gasteiger partial charge is 0.240 e. The van der Waals surface area contributed by atoms with Gasteiger partial charge in [-0.1, -0.05) is 6.92 Å². The van der Waals surface area contributed by atoms with Crippen LogP contribution in [0.4, 0.5) is 4.39 Å². The lowest BCUT2D eigenvalue weighted by Gasteiger charge is -2.38. The van der Waals surface area contributed by atoms with Crippen molar-refractivity contribution in [3.8, 4) is 0 Å². The van der Waals surface area contributed by atoms with Crippen LogP contribution in [0, 0.1) is 11.7 Å². The monoisotopic (exact) mass is 402 g/mol. The van der Waals surface area contributed by atoms with Crippen molar-refractivity contribution in [2.75, 3.05) is 26.2 Å². The van der Waals surface area contributed by atoms with Crippen molar-refractivity contribution in [2.45, 2.75) is 49.0 Å². The third-order valence-electron chi connectivity index (χ3n) is 5.48. The average Bonchev–Trinajstić information content (AvgIpc) is 2.97. The Hall–Kier alpha value is -1.10. The molecule has 2 saturated heterocycles. The van der Waals surface area contributed by atoms with Crippen molar-refractivity contribution in [1.82, 2.24) is 9.62 Å². The van der Waals surface area contributed by atoms with Gasteiger partial charge in [-0.25, -0.2) is 17.5 Å². The molecule has 152 valence electrons. The predicted molar refractivity (Wildman–Crippen MR) is 97.1 cm³/mol. The lowest BCUT2D eigenvalue weighted by Crippen LogP contribution is -2.53. The van der Waals surface area contributed by atoms with Crippen LogP contribution in [-0.2, 0) is 14.8 Å². The number of piperidine rings is 1. The molecule has 0 aliphatic carbocycles. The highest BCUT2D eigenvalue weighted by Gasteiger charge is 2.46. The van der Waals surface area contributed by atoms with Gasteiger partial charge in [0.1, 0.15) is 18.0 Å². The molecule has 0 unspecified atom stereocenters. The van der Waals surface area contributed by atoms with E-state index in [1.165, 1.54) is 12.1 Å². The molecule has 0 spiro atoms. The molecule has 27 heavy (non-hydrogen) atoms. The molecule has 3 rings (SSSR count). The zero-order valence-corrected chi connectivity index (χ0v) is 16.1. The summed E-state index contributed by atoms with van der Waals surface area (Å²) in [5.41, 5.74) is 0. The second kappa shape index (κ2) is 8.50. The van der Waals surface area contributed by atoms with Crippen LogP contribution in [0.25, 0.3) is 0 Å². The van der Waals surface area contributed by atoms with E-state index < -0.39 is 34.2 Å². The Morgan fingerprint density at radius 3 is 2.44 bits per heavy atom. The molecule has 0 aromatic heterocycles. The van der Waals surface area contributed by atoms with Gasteiger partial charge in [0.15, 0.2) is 0 Å². The fraction of sp³-hybridized carbons (Fsp3) is 0.667. The number of ether oxygens (including phenoxy) is 1. The number of benzene rings is 1. The van der Waals surface area contributed by atoms with Gasteiger partial charge in [0.25, 0.3) is 0 Å². The van der Waals surface area contributed by atoms with E-state index in [-0.39, 0.29) is 24.1 Å². The van der Waals surface area contributed by atoms with Gasteiger partial charge in [-0.3, -0.25) is 4.90 Å². The molecule has 1 aromatic rings. The normalized spacial score (nSPS) is 30.7. The molecule has 2 aliphatic rings. The third kappa shape index (κ3) is 4.67. The summed E-state index contributed by atoms with van der Waals surface area (Å²) in [6, 6.07) is 4.18. The van der Waals surface area contributed by atoms with E-state index in [9.17, 15) is 23.0 Å². The van der Waals surface area contributed by atoms with Gasteiger partial charge in [0.2, 0.25) is 10.0 Å². The molecule has 3 N–H and O–H groups in total. The Morgan fingerprint density at radius 2 is 1.85 bits per heavy atom. The summed E-state index contributed by atoms with van der Waals surface area (Å²) in [5, 5.41) is 20.0. The third-order valence-corrected chi connectivity index (χ3v) is 6.92. The lowest BCUT2D eigenvalue weighted by molar-refractivity contribution is -0.0201. The molecule has 9 heteroatoms. The van der Waals surface area contributed by atoms with Crippen LogP contribution >= 0.6 is 0 Å². The zero-order chi connectivity index (χ0) is 19.6. The second-order valence-corrected chi connectivity index (χ2v) is 9.17. The van der Waals surface area contributed by atoms with Crippen LogP contribution in [0.15, 0.2) is 29.2 Å². The van der Waals surface area contributed by atoms with Crippen LogP contribution in [0.3, 0.4) is 0 Å². The van der Waals surface area contributed by atoms with Crippen molar-refractivity contribution in [2.24, 2.45) is 5.92 Å². The number of hydrogen-bond donors (Lipinski definition) is 3. The number of halogens is 1. The minimum Gasteiger partial charge on any atom is -0.394 e. The number of hydrogen-bond acceptors (Lipinski definition) is 6. The fourth-order valence-electron chi connectivity index (χ4n) is 3.81. The number of aliphatic hydroxyl groups excluding tert-OH is 2. The Kier molecular flexibility index (Phi) is 6.50. The molecule has 7 nitrogen and oxygen atoms in total. The number of rotatable bonds is 6. The average molecular weight is 402 g/mol. The quantitative estimate of drug-likeness (QED) is 0.634. The van der Waals surface area contributed by atoms with Gasteiger partial charge in [0.05, 0.1) is 23.6 Å². The Balaban J connectivity index is 1.70. The van der Waals surface area contributed by atoms with E-state index in [1.54, 1.807) is 0 Å². The summed E-state index contributed by atoms with van der Waals surface area (Å²) in [7, 11) is -3.83. The van der Waals surface area contributed by atoms with Crippen LogP contribution in [0.2, 0.25) is 0 Å². The summed E-state index contributed by atoms with van der Waals surface area (Å²) >= 11 is 0. The van der Waals surface area contributed by atoms with Crippen LogP contribution in [0.1, 0.15) is 19.8 Å². The minimum absolute atomic E-state index is 0.0375.